The topological polar surface area (TPSA) is 67.7 Å². The van der Waals surface area contributed by atoms with Crippen LogP contribution in [0.3, 0.4) is 0 Å². The van der Waals surface area contributed by atoms with Gasteiger partial charge >= 0.3 is 0 Å². The number of aromatic nitrogens is 5. The van der Waals surface area contributed by atoms with Gasteiger partial charge in [-0.05, 0) is 52.9 Å². The molecule has 7 heteroatoms. The molecule has 0 atom stereocenters. The Bertz CT molecular complexity index is 1130. The van der Waals surface area contributed by atoms with Crippen LogP contribution < -0.4 is 4.90 Å². The fourth-order valence-electron chi connectivity index (χ4n) is 3.29. The van der Waals surface area contributed by atoms with Gasteiger partial charge in [-0.3, -0.25) is 0 Å². The van der Waals surface area contributed by atoms with Crippen molar-refractivity contribution < 1.29 is 0 Å². The van der Waals surface area contributed by atoms with Gasteiger partial charge in [0, 0.05) is 52.6 Å². The van der Waals surface area contributed by atoms with Crippen LogP contribution >= 0.6 is 22.6 Å². The van der Waals surface area contributed by atoms with Gasteiger partial charge in [0.1, 0.15) is 5.82 Å². The van der Waals surface area contributed by atoms with E-state index in [4.69, 9.17) is 4.98 Å². The molecule has 0 saturated carbocycles. The van der Waals surface area contributed by atoms with Crippen LogP contribution in [-0.4, -0.2) is 31.5 Å². The maximum Gasteiger partial charge on any atom is 0.197 e. The van der Waals surface area contributed by atoms with Crippen molar-refractivity contribution in [3.8, 4) is 11.6 Å². The maximum absolute atomic E-state index is 4.86. The smallest absolute Gasteiger partial charge is 0.197 e. The average molecular weight is 466 g/mol. The van der Waals surface area contributed by atoms with Crippen molar-refractivity contribution >= 4 is 39.3 Å². The van der Waals surface area contributed by atoms with Crippen molar-refractivity contribution in [1.82, 2.24) is 24.9 Å². The summed E-state index contributed by atoms with van der Waals surface area (Å²) >= 11 is 2.32. The Balaban J connectivity index is 1.44. The van der Waals surface area contributed by atoms with Gasteiger partial charge in [0.05, 0.1) is 11.2 Å². The van der Waals surface area contributed by atoms with E-state index in [1.807, 2.05) is 6.20 Å². The fraction of sp³-hybridized carbons (Fsp3) is 0.150. The van der Waals surface area contributed by atoms with Crippen LogP contribution in [0.1, 0.15) is 11.3 Å². The van der Waals surface area contributed by atoms with Crippen molar-refractivity contribution in [3.05, 3.63) is 69.8 Å². The van der Waals surface area contributed by atoms with E-state index in [9.17, 15) is 0 Å². The monoisotopic (exact) mass is 466 g/mol. The first-order valence-electron chi connectivity index (χ1n) is 8.70. The third-order valence-corrected chi connectivity index (χ3v) is 5.33. The standard InChI is InChI=1S/C20H15IN6/c21-15-4-2-13-3-5-18(25-17(13)10-15)27-9-6-16-14(12-27)11-24-20(26-16)19-22-7-1-8-23-19/h1-5,7-8,10-11H,6,9,12H2. The highest BCUT2D eigenvalue weighted by atomic mass is 127. The van der Waals surface area contributed by atoms with Gasteiger partial charge < -0.3 is 4.90 Å². The van der Waals surface area contributed by atoms with Gasteiger partial charge in [0.2, 0.25) is 0 Å². The number of halogens is 1. The molecule has 0 aliphatic carbocycles. The molecule has 0 N–H and O–H groups in total. The molecule has 0 bridgehead atoms. The molecule has 0 spiro atoms. The third kappa shape index (κ3) is 3.23. The molecule has 0 fully saturated rings. The zero-order valence-electron chi connectivity index (χ0n) is 14.4. The third-order valence-electron chi connectivity index (χ3n) is 4.66. The number of pyridine rings is 1. The number of hydrogen-bond acceptors (Lipinski definition) is 6. The van der Waals surface area contributed by atoms with Gasteiger partial charge in [-0.2, -0.15) is 0 Å². The first-order valence-corrected chi connectivity index (χ1v) is 9.77. The van der Waals surface area contributed by atoms with E-state index in [0.29, 0.717) is 11.6 Å². The summed E-state index contributed by atoms with van der Waals surface area (Å²) in [6.45, 7) is 1.63. The van der Waals surface area contributed by atoms with E-state index < -0.39 is 0 Å². The quantitative estimate of drug-likeness (QED) is 0.421. The van der Waals surface area contributed by atoms with E-state index in [1.165, 1.54) is 3.57 Å². The number of fused-ring (bicyclic) bond motifs is 2. The van der Waals surface area contributed by atoms with Gasteiger partial charge in [-0.1, -0.05) is 6.07 Å². The molecule has 132 valence electrons. The van der Waals surface area contributed by atoms with Crippen molar-refractivity contribution in [3.63, 3.8) is 0 Å². The van der Waals surface area contributed by atoms with Crippen molar-refractivity contribution in [2.24, 2.45) is 0 Å². The van der Waals surface area contributed by atoms with Crippen LogP contribution in [0, 0.1) is 3.57 Å². The second-order valence-corrected chi connectivity index (χ2v) is 7.66. The average Bonchev–Trinajstić information content (AvgIpc) is 2.73. The number of nitrogens with zero attached hydrogens (tertiary/aromatic N) is 6. The SMILES string of the molecule is Ic1ccc2ccc(N3CCc4nc(-c5ncccn5)ncc4C3)nc2c1. The molecular formula is C20H15IN6. The van der Waals surface area contributed by atoms with E-state index >= 15 is 0 Å². The van der Waals surface area contributed by atoms with Crippen LogP contribution in [0.25, 0.3) is 22.6 Å². The number of rotatable bonds is 2. The van der Waals surface area contributed by atoms with E-state index in [-0.39, 0.29) is 0 Å². The van der Waals surface area contributed by atoms with Crippen molar-refractivity contribution in [2.45, 2.75) is 13.0 Å². The first-order chi connectivity index (χ1) is 13.3. The minimum atomic E-state index is 0.563. The summed E-state index contributed by atoms with van der Waals surface area (Å²) in [5, 5.41) is 1.16. The molecule has 5 rings (SSSR count). The molecule has 1 aliphatic heterocycles. The Morgan fingerprint density at radius 3 is 2.67 bits per heavy atom. The summed E-state index contributed by atoms with van der Waals surface area (Å²) in [7, 11) is 0. The molecule has 0 unspecified atom stereocenters. The number of anilines is 1. The predicted molar refractivity (Wildman–Crippen MR) is 112 cm³/mol. The summed E-state index contributed by atoms with van der Waals surface area (Å²) < 4.78 is 1.19. The normalized spacial score (nSPS) is 13.6. The Kier molecular flexibility index (Phi) is 4.16. The van der Waals surface area contributed by atoms with Gasteiger partial charge in [-0.25, -0.2) is 24.9 Å². The number of benzene rings is 1. The summed E-state index contributed by atoms with van der Waals surface area (Å²) in [5.74, 6) is 2.14. The second kappa shape index (κ2) is 6.80. The van der Waals surface area contributed by atoms with Crippen molar-refractivity contribution in [2.75, 3.05) is 11.4 Å². The summed E-state index contributed by atoms with van der Waals surface area (Å²) in [6.07, 6.45) is 6.16. The zero-order valence-corrected chi connectivity index (χ0v) is 16.5. The van der Waals surface area contributed by atoms with Crippen LogP contribution in [-0.2, 0) is 13.0 Å². The highest BCUT2D eigenvalue weighted by Gasteiger charge is 2.20. The van der Waals surface area contributed by atoms with Crippen LogP contribution in [0.15, 0.2) is 55.0 Å². The molecule has 6 nitrogen and oxygen atoms in total. The Hall–Kier alpha value is -2.68. The molecule has 27 heavy (non-hydrogen) atoms. The molecule has 4 heterocycles. The molecule has 0 amide bonds. The molecule has 1 aliphatic rings. The van der Waals surface area contributed by atoms with E-state index in [1.54, 1.807) is 18.5 Å². The Morgan fingerprint density at radius 1 is 0.926 bits per heavy atom. The lowest BCUT2D eigenvalue weighted by molar-refractivity contribution is 0.698. The highest BCUT2D eigenvalue weighted by Crippen LogP contribution is 2.25. The highest BCUT2D eigenvalue weighted by molar-refractivity contribution is 14.1. The van der Waals surface area contributed by atoms with Crippen LogP contribution in [0.5, 0.6) is 0 Å². The Labute approximate surface area is 169 Å². The minimum absolute atomic E-state index is 0.563. The first kappa shape index (κ1) is 16.5. The van der Waals surface area contributed by atoms with Crippen LogP contribution in [0.2, 0.25) is 0 Å². The number of hydrogen-bond donors (Lipinski definition) is 0. The molecule has 1 aromatic carbocycles. The zero-order chi connectivity index (χ0) is 18.2. The lowest BCUT2D eigenvalue weighted by Crippen LogP contribution is -2.31. The molecular weight excluding hydrogens is 451 g/mol. The molecule has 0 saturated heterocycles. The minimum Gasteiger partial charge on any atom is -0.352 e. The van der Waals surface area contributed by atoms with Gasteiger partial charge in [0.15, 0.2) is 11.6 Å². The maximum atomic E-state index is 4.86. The van der Waals surface area contributed by atoms with E-state index in [0.717, 1.165) is 47.5 Å². The second-order valence-electron chi connectivity index (χ2n) is 6.42. The molecule has 0 radical (unpaired) electrons. The van der Waals surface area contributed by atoms with Gasteiger partial charge in [0.25, 0.3) is 0 Å². The summed E-state index contributed by atoms with van der Waals surface area (Å²) in [5.41, 5.74) is 3.22. The summed E-state index contributed by atoms with van der Waals surface area (Å²) in [6, 6.07) is 12.3. The van der Waals surface area contributed by atoms with Gasteiger partial charge in [-0.15, -0.1) is 0 Å². The molecule has 3 aromatic heterocycles. The fourth-order valence-corrected chi connectivity index (χ4v) is 3.76. The van der Waals surface area contributed by atoms with E-state index in [2.05, 4.69) is 77.8 Å². The Morgan fingerprint density at radius 2 is 1.78 bits per heavy atom. The summed E-state index contributed by atoms with van der Waals surface area (Å²) in [4.78, 5) is 24.8. The van der Waals surface area contributed by atoms with Crippen LogP contribution in [0.4, 0.5) is 5.82 Å². The largest absolute Gasteiger partial charge is 0.352 e. The lowest BCUT2D eigenvalue weighted by atomic mass is 10.1. The van der Waals surface area contributed by atoms with Crippen molar-refractivity contribution in [1.29, 1.82) is 0 Å². The lowest BCUT2D eigenvalue weighted by Gasteiger charge is -2.29. The predicted octanol–water partition coefficient (Wildman–Crippen LogP) is 3.65. The molecule has 4 aromatic rings.